The molecule has 2 aliphatic carbocycles. The number of fused-ring (bicyclic) bond motifs is 5. The van der Waals surface area contributed by atoms with Gasteiger partial charge in [0.25, 0.3) is 0 Å². The number of nitrogens with zero attached hydrogens (tertiary/aromatic N) is 1. The lowest BCUT2D eigenvalue weighted by Crippen LogP contribution is -2.35. The van der Waals surface area contributed by atoms with Crippen molar-refractivity contribution in [1.29, 1.82) is 0 Å². The van der Waals surface area contributed by atoms with E-state index < -0.39 is 5.97 Å². The molecular weight excluding hydrogens is 362 g/mol. The Kier molecular flexibility index (Phi) is 4.91. The Morgan fingerprint density at radius 2 is 1.64 bits per heavy atom. The molecule has 1 aromatic carbocycles. The third-order valence-corrected chi connectivity index (χ3v) is 6.33. The monoisotopic (exact) mass is 385 g/mol. The highest BCUT2D eigenvalue weighted by atomic mass is 16.5. The van der Waals surface area contributed by atoms with Crippen molar-refractivity contribution in [2.75, 3.05) is 20.3 Å². The quantitative estimate of drug-likeness (QED) is 0.404. The zero-order valence-corrected chi connectivity index (χ0v) is 15.8. The number of hydrogen-bond acceptors (Lipinski definition) is 6. The summed E-state index contributed by atoms with van der Waals surface area (Å²) in [4.78, 5) is 50.5. The molecule has 0 unspecified atom stereocenters. The number of benzene rings is 1. The van der Waals surface area contributed by atoms with E-state index in [1.165, 1.54) is 12.0 Å². The molecule has 0 N–H and O–H groups in total. The van der Waals surface area contributed by atoms with Crippen molar-refractivity contribution in [3.63, 3.8) is 0 Å². The predicted octanol–water partition coefficient (Wildman–Crippen LogP) is 1.84. The number of rotatable bonds is 7. The van der Waals surface area contributed by atoms with Crippen molar-refractivity contribution in [3.05, 3.63) is 29.8 Å². The van der Waals surface area contributed by atoms with Gasteiger partial charge < -0.3 is 9.47 Å². The van der Waals surface area contributed by atoms with Gasteiger partial charge in [0.2, 0.25) is 11.8 Å². The molecule has 1 heterocycles. The highest BCUT2D eigenvalue weighted by Crippen LogP contribution is 2.56. The highest BCUT2D eigenvalue weighted by Gasteiger charge is 2.60. The van der Waals surface area contributed by atoms with Crippen molar-refractivity contribution in [1.82, 2.24) is 4.90 Å². The van der Waals surface area contributed by atoms with Gasteiger partial charge in [-0.2, -0.15) is 0 Å². The van der Waals surface area contributed by atoms with Crippen LogP contribution in [0.2, 0.25) is 0 Å². The molecule has 148 valence electrons. The van der Waals surface area contributed by atoms with Crippen LogP contribution in [-0.2, 0) is 19.1 Å². The van der Waals surface area contributed by atoms with Crippen LogP contribution < -0.4 is 4.74 Å². The summed E-state index contributed by atoms with van der Waals surface area (Å²) in [5, 5.41) is 0. The second kappa shape index (κ2) is 7.37. The van der Waals surface area contributed by atoms with E-state index in [9.17, 15) is 19.2 Å². The predicted molar refractivity (Wildman–Crippen MR) is 97.4 cm³/mol. The summed E-state index contributed by atoms with van der Waals surface area (Å²) in [5.41, 5.74) is 0.418. The maximum atomic E-state index is 12.6. The van der Waals surface area contributed by atoms with Crippen molar-refractivity contribution >= 4 is 23.6 Å². The molecule has 1 aliphatic heterocycles. The number of carbonyl (C=O) groups is 4. The van der Waals surface area contributed by atoms with Gasteiger partial charge in [-0.05, 0) is 55.4 Å². The molecule has 0 radical (unpaired) electrons. The van der Waals surface area contributed by atoms with Crippen LogP contribution in [0.25, 0.3) is 0 Å². The Hall–Kier alpha value is -2.70. The number of ketones is 1. The topological polar surface area (TPSA) is 90.0 Å². The van der Waals surface area contributed by atoms with Gasteiger partial charge in [0, 0.05) is 12.1 Å². The van der Waals surface area contributed by atoms with Crippen molar-refractivity contribution < 1.29 is 28.7 Å². The van der Waals surface area contributed by atoms with Crippen LogP contribution in [0.1, 0.15) is 36.0 Å². The molecule has 2 amide bonds. The largest absolute Gasteiger partial charge is 0.497 e. The van der Waals surface area contributed by atoms with Gasteiger partial charge in [-0.3, -0.25) is 24.1 Å². The second-order valence-electron chi connectivity index (χ2n) is 7.78. The van der Waals surface area contributed by atoms with E-state index in [1.807, 2.05) is 0 Å². The van der Waals surface area contributed by atoms with Crippen LogP contribution in [0, 0.1) is 23.7 Å². The molecule has 4 atom stereocenters. The van der Waals surface area contributed by atoms with Crippen LogP contribution in [0.5, 0.6) is 5.75 Å². The third kappa shape index (κ3) is 3.19. The number of esters is 1. The maximum Gasteiger partial charge on any atom is 0.308 e. The van der Waals surface area contributed by atoms with Crippen molar-refractivity contribution in [2.24, 2.45) is 23.7 Å². The maximum absolute atomic E-state index is 12.6. The molecule has 28 heavy (non-hydrogen) atoms. The Morgan fingerprint density at radius 1 is 1.04 bits per heavy atom. The zero-order chi connectivity index (χ0) is 19.8. The molecule has 2 saturated carbocycles. The number of amides is 2. The van der Waals surface area contributed by atoms with E-state index in [0.29, 0.717) is 23.1 Å². The number of hydrogen-bond donors (Lipinski definition) is 0. The van der Waals surface area contributed by atoms with Crippen molar-refractivity contribution in [3.8, 4) is 5.75 Å². The fraction of sp³-hybridized carbons (Fsp3) is 0.524. The first kappa shape index (κ1) is 18.7. The average Bonchev–Trinajstić information content (AvgIpc) is 3.39. The minimum absolute atomic E-state index is 0.0274. The number of likely N-dealkylation sites (tertiary alicyclic amines) is 1. The lowest BCUT2D eigenvalue weighted by atomic mass is 9.81. The molecule has 3 aliphatic rings. The molecule has 4 rings (SSSR count). The van der Waals surface area contributed by atoms with Gasteiger partial charge in [0.05, 0.1) is 25.4 Å². The van der Waals surface area contributed by atoms with Crippen LogP contribution >= 0.6 is 0 Å². The van der Waals surface area contributed by atoms with Gasteiger partial charge in [-0.25, -0.2) is 0 Å². The van der Waals surface area contributed by atoms with Crippen molar-refractivity contribution in [2.45, 2.75) is 25.7 Å². The molecule has 0 aromatic heterocycles. The van der Waals surface area contributed by atoms with Crippen LogP contribution in [0.4, 0.5) is 0 Å². The molecular formula is C21H23NO6. The minimum Gasteiger partial charge on any atom is -0.497 e. The number of ether oxygens (including phenoxy) is 2. The summed E-state index contributed by atoms with van der Waals surface area (Å²) in [6, 6.07) is 6.51. The van der Waals surface area contributed by atoms with E-state index in [-0.39, 0.29) is 49.0 Å². The van der Waals surface area contributed by atoms with Crippen LogP contribution in [0.3, 0.4) is 0 Å². The lowest BCUT2D eigenvalue weighted by molar-refractivity contribution is -0.145. The number of carbonyl (C=O) groups excluding carboxylic acids is 4. The Balaban J connectivity index is 1.26. The average molecular weight is 385 g/mol. The van der Waals surface area contributed by atoms with E-state index in [2.05, 4.69) is 0 Å². The van der Waals surface area contributed by atoms with E-state index in [4.69, 9.17) is 9.47 Å². The standard InChI is InChI=1S/C21H23NO6/c1-27-15-6-4-12(5-7-15)16(23)11-28-17(24)8-9-22-20(25)18-13-2-3-14(10-13)19(18)21(22)26/h4-7,13-14,18-19H,2-3,8-11H2,1H3/t13-,14-,18-,19+/m0/s1. The SMILES string of the molecule is COc1ccc(C(=O)COC(=O)CCN2C(=O)[C@@H]3[C@H]4CC[C@@H](C4)[C@@H]3C2=O)cc1. The summed E-state index contributed by atoms with van der Waals surface area (Å²) in [5.74, 6) is -0.271. The third-order valence-electron chi connectivity index (χ3n) is 6.33. The minimum atomic E-state index is -0.595. The highest BCUT2D eigenvalue weighted by molar-refractivity contribution is 6.06. The van der Waals surface area contributed by atoms with Gasteiger partial charge in [-0.15, -0.1) is 0 Å². The first-order chi connectivity index (χ1) is 13.5. The van der Waals surface area contributed by atoms with Gasteiger partial charge in [0.1, 0.15) is 5.75 Å². The zero-order valence-electron chi connectivity index (χ0n) is 15.8. The summed E-state index contributed by atoms with van der Waals surface area (Å²) in [7, 11) is 1.53. The molecule has 1 saturated heterocycles. The van der Waals surface area contributed by atoms with Gasteiger partial charge in [0.15, 0.2) is 12.4 Å². The summed E-state index contributed by atoms with van der Waals surface area (Å²) < 4.78 is 10.1. The molecule has 0 spiro atoms. The Labute approximate surface area is 163 Å². The number of Topliss-reactive ketones (excluding diaryl/α,β-unsaturated/α-hetero) is 1. The van der Waals surface area contributed by atoms with Crippen LogP contribution in [0.15, 0.2) is 24.3 Å². The molecule has 3 fully saturated rings. The molecule has 7 nitrogen and oxygen atoms in total. The Bertz CT molecular complexity index is 789. The molecule has 2 bridgehead atoms. The number of methoxy groups -OCH3 is 1. The van der Waals surface area contributed by atoms with E-state index in [1.54, 1.807) is 24.3 Å². The van der Waals surface area contributed by atoms with E-state index >= 15 is 0 Å². The fourth-order valence-electron chi connectivity index (χ4n) is 4.97. The first-order valence-electron chi connectivity index (χ1n) is 9.67. The first-order valence-corrected chi connectivity index (χ1v) is 9.67. The van der Waals surface area contributed by atoms with Crippen LogP contribution in [-0.4, -0.2) is 48.7 Å². The lowest BCUT2D eigenvalue weighted by Gasteiger charge is -2.19. The Morgan fingerprint density at radius 3 is 2.21 bits per heavy atom. The van der Waals surface area contributed by atoms with Gasteiger partial charge in [-0.1, -0.05) is 0 Å². The summed E-state index contributed by atoms with van der Waals surface area (Å²) in [6.07, 6.45) is 2.93. The smallest absolute Gasteiger partial charge is 0.308 e. The van der Waals surface area contributed by atoms with E-state index in [0.717, 1.165) is 19.3 Å². The number of imide groups is 1. The fourth-order valence-corrected chi connectivity index (χ4v) is 4.97. The summed E-state index contributed by atoms with van der Waals surface area (Å²) >= 11 is 0. The van der Waals surface area contributed by atoms with Gasteiger partial charge >= 0.3 is 5.97 Å². The second-order valence-corrected chi connectivity index (χ2v) is 7.78. The normalized spacial score (nSPS) is 27.8. The summed E-state index contributed by atoms with van der Waals surface area (Å²) in [6.45, 7) is -0.345. The molecule has 7 heteroatoms. The molecule has 1 aromatic rings.